The van der Waals surface area contributed by atoms with Crippen LogP contribution < -0.4 is 5.73 Å². The molecule has 2 N–H and O–H groups in total. The molecule has 2 nitrogen and oxygen atoms in total. The summed E-state index contributed by atoms with van der Waals surface area (Å²) in [5.41, 5.74) is 8.59. The summed E-state index contributed by atoms with van der Waals surface area (Å²) in [6.07, 6.45) is 5.77. The lowest BCUT2D eigenvalue weighted by molar-refractivity contribution is 0.0999. The van der Waals surface area contributed by atoms with Gasteiger partial charge in [0.05, 0.1) is 0 Å². The molecule has 0 saturated carbocycles. The summed E-state index contributed by atoms with van der Waals surface area (Å²) >= 11 is 0. The number of carbonyl (C=O) groups is 1. The van der Waals surface area contributed by atoms with Crippen LogP contribution in [-0.2, 0) is 12.8 Å². The number of primary amides is 1. The van der Waals surface area contributed by atoms with Crippen molar-refractivity contribution in [2.45, 2.75) is 32.1 Å². The van der Waals surface area contributed by atoms with Gasteiger partial charge in [0.2, 0.25) is 5.91 Å². The Hall–Kier alpha value is -1.31. The highest BCUT2D eigenvalue weighted by Gasteiger charge is 2.14. The van der Waals surface area contributed by atoms with Crippen molar-refractivity contribution in [1.82, 2.24) is 0 Å². The van der Waals surface area contributed by atoms with Gasteiger partial charge in [0.15, 0.2) is 0 Å². The fourth-order valence-corrected chi connectivity index (χ4v) is 2.19. The Kier molecular flexibility index (Phi) is 2.53. The monoisotopic (exact) mass is 189 g/mol. The largest absolute Gasteiger partial charge is 0.366 e. The van der Waals surface area contributed by atoms with Crippen LogP contribution in [0.4, 0.5) is 0 Å². The minimum atomic E-state index is -0.288. The molecule has 0 saturated heterocycles. The maximum Gasteiger partial charge on any atom is 0.248 e. The van der Waals surface area contributed by atoms with Crippen molar-refractivity contribution >= 4 is 5.91 Å². The first-order valence-corrected chi connectivity index (χ1v) is 5.19. The summed E-state index contributed by atoms with van der Waals surface area (Å²) in [7, 11) is 0. The number of hydrogen-bond donors (Lipinski definition) is 1. The maximum absolute atomic E-state index is 11.2. The molecule has 74 valence electrons. The molecule has 0 unspecified atom stereocenters. The average Bonchev–Trinajstić information content (AvgIpc) is 2.41. The van der Waals surface area contributed by atoms with E-state index < -0.39 is 0 Å². The molecule has 1 aromatic rings. The van der Waals surface area contributed by atoms with Crippen LogP contribution in [0.25, 0.3) is 0 Å². The van der Waals surface area contributed by atoms with Crippen LogP contribution in [0.3, 0.4) is 0 Å². The van der Waals surface area contributed by atoms with Crippen molar-refractivity contribution in [2.75, 3.05) is 0 Å². The molecule has 0 fully saturated rings. The summed E-state index contributed by atoms with van der Waals surface area (Å²) in [5.74, 6) is -0.288. The van der Waals surface area contributed by atoms with Crippen LogP contribution in [0, 0.1) is 0 Å². The van der Waals surface area contributed by atoms with E-state index in [1.807, 2.05) is 12.1 Å². The Labute approximate surface area is 84.1 Å². The Bertz CT molecular complexity index is 357. The molecule has 2 heteroatoms. The lowest BCUT2D eigenvalue weighted by atomic mass is 9.97. The highest BCUT2D eigenvalue weighted by atomic mass is 16.1. The molecular weight excluding hydrogens is 174 g/mol. The van der Waals surface area contributed by atoms with Gasteiger partial charge in [-0.25, -0.2) is 0 Å². The van der Waals surface area contributed by atoms with E-state index in [0.29, 0.717) is 0 Å². The molecule has 0 heterocycles. The Morgan fingerprint density at radius 2 is 1.93 bits per heavy atom. The number of rotatable bonds is 1. The van der Waals surface area contributed by atoms with Gasteiger partial charge >= 0.3 is 0 Å². The zero-order valence-electron chi connectivity index (χ0n) is 8.25. The number of fused-ring (bicyclic) bond motifs is 1. The molecule has 0 aromatic heterocycles. The Morgan fingerprint density at radius 3 is 2.71 bits per heavy atom. The van der Waals surface area contributed by atoms with Gasteiger partial charge < -0.3 is 5.73 Å². The highest BCUT2D eigenvalue weighted by molar-refractivity contribution is 5.94. The van der Waals surface area contributed by atoms with Crippen LogP contribution in [-0.4, -0.2) is 5.91 Å². The van der Waals surface area contributed by atoms with E-state index in [1.54, 1.807) is 0 Å². The predicted molar refractivity (Wildman–Crippen MR) is 56.2 cm³/mol. The van der Waals surface area contributed by atoms with Gasteiger partial charge in [0.25, 0.3) is 0 Å². The average molecular weight is 189 g/mol. The van der Waals surface area contributed by atoms with Crippen LogP contribution in [0.15, 0.2) is 18.2 Å². The first-order valence-electron chi connectivity index (χ1n) is 5.19. The van der Waals surface area contributed by atoms with Gasteiger partial charge in [-0.05, 0) is 42.9 Å². The smallest absolute Gasteiger partial charge is 0.248 e. The minimum absolute atomic E-state index is 0.288. The molecule has 2 rings (SSSR count). The van der Waals surface area contributed by atoms with E-state index in [0.717, 1.165) is 18.4 Å². The molecule has 1 amide bonds. The summed E-state index contributed by atoms with van der Waals surface area (Å²) < 4.78 is 0. The van der Waals surface area contributed by atoms with Crippen molar-refractivity contribution < 1.29 is 4.79 Å². The molecule has 0 spiro atoms. The van der Waals surface area contributed by atoms with Crippen molar-refractivity contribution in [1.29, 1.82) is 0 Å². The standard InChI is InChI=1S/C12H15NO/c13-12(14)11-8-4-6-9-5-2-1-3-7-10(9)11/h4,6,8H,1-3,5,7H2,(H2,13,14). The maximum atomic E-state index is 11.2. The third kappa shape index (κ3) is 1.65. The number of carbonyl (C=O) groups excluding carboxylic acids is 1. The number of benzene rings is 1. The van der Waals surface area contributed by atoms with Crippen LogP contribution in [0.2, 0.25) is 0 Å². The molecule has 0 bridgehead atoms. The van der Waals surface area contributed by atoms with E-state index in [2.05, 4.69) is 6.07 Å². The predicted octanol–water partition coefficient (Wildman–Crippen LogP) is 2.05. The van der Waals surface area contributed by atoms with Gasteiger partial charge in [0.1, 0.15) is 0 Å². The number of amides is 1. The second-order valence-electron chi connectivity index (χ2n) is 3.87. The van der Waals surface area contributed by atoms with Gasteiger partial charge in [-0.2, -0.15) is 0 Å². The zero-order valence-corrected chi connectivity index (χ0v) is 8.25. The summed E-state index contributed by atoms with van der Waals surface area (Å²) in [4.78, 5) is 11.2. The quantitative estimate of drug-likeness (QED) is 0.675. The number of nitrogens with two attached hydrogens (primary N) is 1. The molecule has 0 aliphatic heterocycles. The van der Waals surface area contributed by atoms with Gasteiger partial charge in [-0.15, -0.1) is 0 Å². The van der Waals surface area contributed by atoms with Crippen molar-refractivity contribution in [3.05, 3.63) is 34.9 Å². The van der Waals surface area contributed by atoms with Crippen molar-refractivity contribution in [3.8, 4) is 0 Å². The van der Waals surface area contributed by atoms with Gasteiger partial charge in [-0.3, -0.25) is 4.79 Å². The van der Waals surface area contributed by atoms with E-state index >= 15 is 0 Å². The van der Waals surface area contributed by atoms with Gasteiger partial charge in [0, 0.05) is 5.56 Å². The lowest BCUT2D eigenvalue weighted by Crippen LogP contribution is -2.14. The molecule has 1 aliphatic rings. The van der Waals surface area contributed by atoms with E-state index in [4.69, 9.17) is 5.73 Å². The van der Waals surface area contributed by atoms with E-state index in [1.165, 1.54) is 30.4 Å². The summed E-state index contributed by atoms with van der Waals surface area (Å²) in [6, 6.07) is 5.89. The number of aryl methyl sites for hydroxylation is 1. The summed E-state index contributed by atoms with van der Waals surface area (Å²) in [6.45, 7) is 0. The second-order valence-corrected chi connectivity index (χ2v) is 3.87. The third-order valence-electron chi connectivity index (χ3n) is 2.91. The SMILES string of the molecule is NC(=O)c1cccc2c1CCCCC2. The first kappa shape index (κ1) is 9.25. The van der Waals surface area contributed by atoms with E-state index in [9.17, 15) is 4.79 Å². The molecular formula is C12H15NO. The van der Waals surface area contributed by atoms with Crippen molar-refractivity contribution in [2.24, 2.45) is 5.73 Å². The first-order chi connectivity index (χ1) is 6.79. The van der Waals surface area contributed by atoms with Crippen molar-refractivity contribution in [3.63, 3.8) is 0 Å². The molecule has 0 atom stereocenters. The normalized spacial score (nSPS) is 15.7. The molecule has 14 heavy (non-hydrogen) atoms. The minimum Gasteiger partial charge on any atom is -0.366 e. The van der Waals surface area contributed by atoms with Crippen LogP contribution in [0.5, 0.6) is 0 Å². The van der Waals surface area contributed by atoms with E-state index in [-0.39, 0.29) is 5.91 Å². The topological polar surface area (TPSA) is 43.1 Å². The fourth-order valence-electron chi connectivity index (χ4n) is 2.19. The lowest BCUT2D eigenvalue weighted by Gasteiger charge is -2.08. The van der Waals surface area contributed by atoms with Crippen LogP contribution in [0.1, 0.15) is 40.7 Å². The second kappa shape index (κ2) is 3.82. The summed E-state index contributed by atoms with van der Waals surface area (Å²) in [5, 5.41) is 0. The molecule has 0 radical (unpaired) electrons. The Balaban J connectivity index is 2.47. The molecule has 1 aliphatic carbocycles. The third-order valence-corrected chi connectivity index (χ3v) is 2.91. The molecule has 1 aromatic carbocycles. The highest BCUT2D eigenvalue weighted by Crippen LogP contribution is 2.23. The fraction of sp³-hybridized carbons (Fsp3) is 0.417. The zero-order chi connectivity index (χ0) is 9.97. The Morgan fingerprint density at radius 1 is 1.14 bits per heavy atom. The van der Waals surface area contributed by atoms with Gasteiger partial charge in [-0.1, -0.05) is 18.6 Å². The number of hydrogen-bond acceptors (Lipinski definition) is 1. The van der Waals surface area contributed by atoms with Crippen LogP contribution >= 0.6 is 0 Å².